The van der Waals surface area contributed by atoms with Gasteiger partial charge in [-0.15, -0.1) is 0 Å². The molecule has 2 aromatic rings. The van der Waals surface area contributed by atoms with Crippen LogP contribution in [0.1, 0.15) is 11.3 Å². The molecule has 1 aromatic carbocycles. The van der Waals surface area contributed by atoms with Gasteiger partial charge in [-0.05, 0) is 24.6 Å². The van der Waals surface area contributed by atoms with Gasteiger partial charge >= 0.3 is 0 Å². The van der Waals surface area contributed by atoms with E-state index in [0.29, 0.717) is 11.4 Å². The van der Waals surface area contributed by atoms with Crippen LogP contribution in [0.4, 0.5) is 5.69 Å². The van der Waals surface area contributed by atoms with Crippen LogP contribution in [0.5, 0.6) is 0 Å². The average Bonchev–Trinajstić information content (AvgIpc) is 2.76. The second-order valence-electron chi connectivity index (χ2n) is 3.66. The first-order valence-electron chi connectivity index (χ1n) is 5.02. The maximum atomic E-state index is 10.9. The zero-order valence-electron chi connectivity index (χ0n) is 9.20. The maximum absolute atomic E-state index is 10.9. The molecule has 0 saturated heterocycles. The largest absolute Gasteiger partial charge is 0.390 e. The van der Waals surface area contributed by atoms with Crippen LogP contribution in [0.25, 0.3) is 5.69 Å². The van der Waals surface area contributed by atoms with Crippen LogP contribution in [0.3, 0.4) is 0 Å². The van der Waals surface area contributed by atoms with Crippen LogP contribution >= 0.6 is 0 Å². The zero-order valence-corrected chi connectivity index (χ0v) is 9.20. The number of aryl methyl sites for hydroxylation is 1. The summed E-state index contributed by atoms with van der Waals surface area (Å²) >= 11 is 0. The van der Waals surface area contributed by atoms with Crippen molar-refractivity contribution in [1.29, 1.82) is 0 Å². The van der Waals surface area contributed by atoms with Crippen molar-refractivity contribution >= 4 is 5.69 Å². The van der Waals surface area contributed by atoms with Crippen LogP contribution in [0, 0.1) is 17.0 Å². The molecule has 0 unspecified atom stereocenters. The lowest BCUT2D eigenvalue weighted by Gasteiger charge is -2.04. The topological polar surface area (TPSA) is 81.2 Å². The van der Waals surface area contributed by atoms with Crippen LogP contribution in [-0.4, -0.2) is 19.8 Å². The third-order valence-corrected chi connectivity index (χ3v) is 2.38. The van der Waals surface area contributed by atoms with Gasteiger partial charge in [-0.3, -0.25) is 10.1 Å². The van der Waals surface area contributed by atoms with Gasteiger partial charge in [0, 0.05) is 12.3 Å². The molecule has 1 heterocycles. The Hall–Kier alpha value is -2.21. The number of aliphatic hydroxyl groups excluding tert-OH is 1. The van der Waals surface area contributed by atoms with E-state index in [0.717, 1.165) is 5.56 Å². The van der Waals surface area contributed by atoms with Gasteiger partial charge < -0.3 is 5.11 Å². The van der Waals surface area contributed by atoms with Gasteiger partial charge in [-0.1, -0.05) is 6.07 Å². The molecule has 0 spiro atoms. The molecule has 0 aliphatic carbocycles. The molecule has 1 N–H and O–H groups in total. The number of hydrogen-bond donors (Lipinski definition) is 1. The Bertz CT molecular complexity index is 563. The van der Waals surface area contributed by atoms with Gasteiger partial charge in [0.2, 0.25) is 0 Å². The molecule has 17 heavy (non-hydrogen) atoms. The number of nitro groups is 1. The van der Waals surface area contributed by atoms with E-state index >= 15 is 0 Å². The molecule has 0 radical (unpaired) electrons. The smallest absolute Gasteiger partial charge is 0.294 e. The molecule has 0 aliphatic rings. The van der Waals surface area contributed by atoms with E-state index in [-0.39, 0.29) is 12.3 Å². The summed E-state index contributed by atoms with van der Waals surface area (Å²) in [7, 11) is 0. The third-order valence-electron chi connectivity index (χ3n) is 2.38. The van der Waals surface area contributed by atoms with Gasteiger partial charge in [0.25, 0.3) is 5.69 Å². The molecule has 0 atom stereocenters. The highest BCUT2D eigenvalue weighted by molar-refractivity contribution is 5.53. The summed E-state index contributed by atoms with van der Waals surface area (Å²) in [6.07, 6.45) is 1.59. The van der Waals surface area contributed by atoms with E-state index in [2.05, 4.69) is 5.10 Å². The number of rotatable bonds is 3. The van der Waals surface area contributed by atoms with Crippen molar-refractivity contribution in [3.63, 3.8) is 0 Å². The molecule has 2 rings (SSSR count). The second-order valence-corrected chi connectivity index (χ2v) is 3.66. The normalized spacial score (nSPS) is 10.5. The van der Waals surface area contributed by atoms with E-state index in [1.165, 1.54) is 10.7 Å². The molecule has 1 aromatic heterocycles. The van der Waals surface area contributed by atoms with Gasteiger partial charge in [-0.2, -0.15) is 5.10 Å². The van der Waals surface area contributed by atoms with Crippen LogP contribution < -0.4 is 0 Å². The Kier molecular flexibility index (Phi) is 2.88. The van der Waals surface area contributed by atoms with Crippen molar-refractivity contribution < 1.29 is 10.0 Å². The lowest BCUT2D eigenvalue weighted by molar-refractivity contribution is -0.384. The minimum Gasteiger partial charge on any atom is -0.390 e. The Balaban J connectivity index is 2.56. The summed E-state index contributed by atoms with van der Waals surface area (Å²) in [6.45, 7) is 1.66. The average molecular weight is 233 g/mol. The Morgan fingerprint density at radius 2 is 2.24 bits per heavy atom. The maximum Gasteiger partial charge on any atom is 0.294 e. The SMILES string of the molecule is Cc1ccc([N+](=O)[O-])c(-n2ccc(CO)n2)c1. The van der Waals surface area contributed by atoms with E-state index in [4.69, 9.17) is 5.11 Å². The van der Waals surface area contributed by atoms with Crippen LogP contribution in [-0.2, 0) is 6.61 Å². The number of aliphatic hydroxyl groups is 1. The lowest BCUT2D eigenvalue weighted by Crippen LogP contribution is -2.02. The van der Waals surface area contributed by atoms with E-state index in [9.17, 15) is 10.1 Å². The fraction of sp³-hybridized carbons (Fsp3) is 0.182. The van der Waals surface area contributed by atoms with Crippen molar-refractivity contribution in [3.05, 3.63) is 51.8 Å². The molecule has 6 nitrogen and oxygen atoms in total. The Morgan fingerprint density at radius 1 is 1.47 bits per heavy atom. The number of hydrogen-bond acceptors (Lipinski definition) is 4. The fourth-order valence-electron chi connectivity index (χ4n) is 1.55. The first kappa shape index (κ1) is 11.3. The molecule has 0 aliphatic heterocycles. The number of nitrogens with zero attached hydrogens (tertiary/aromatic N) is 3. The first-order chi connectivity index (χ1) is 8.11. The fourth-order valence-corrected chi connectivity index (χ4v) is 1.55. The number of benzene rings is 1. The van der Waals surface area contributed by atoms with Gasteiger partial charge in [-0.25, -0.2) is 4.68 Å². The first-order valence-corrected chi connectivity index (χ1v) is 5.02. The van der Waals surface area contributed by atoms with Crippen LogP contribution in [0.15, 0.2) is 30.5 Å². The highest BCUT2D eigenvalue weighted by Gasteiger charge is 2.15. The predicted molar refractivity (Wildman–Crippen MR) is 60.9 cm³/mol. The van der Waals surface area contributed by atoms with E-state index in [1.807, 2.05) is 6.92 Å². The highest BCUT2D eigenvalue weighted by Crippen LogP contribution is 2.23. The van der Waals surface area contributed by atoms with Crippen molar-refractivity contribution in [2.24, 2.45) is 0 Å². The quantitative estimate of drug-likeness (QED) is 0.644. The molecule has 0 fully saturated rings. The minimum atomic E-state index is -0.449. The molecule has 0 bridgehead atoms. The number of aromatic nitrogens is 2. The minimum absolute atomic E-state index is 0.0109. The summed E-state index contributed by atoms with van der Waals surface area (Å²) in [6, 6.07) is 6.43. The summed E-state index contributed by atoms with van der Waals surface area (Å²) in [5, 5.41) is 23.9. The lowest BCUT2D eigenvalue weighted by atomic mass is 10.2. The highest BCUT2D eigenvalue weighted by atomic mass is 16.6. The summed E-state index contributed by atoms with van der Waals surface area (Å²) in [5.41, 5.74) is 1.77. The van der Waals surface area contributed by atoms with Gasteiger partial charge in [0.15, 0.2) is 0 Å². The number of nitro benzene ring substituents is 1. The van der Waals surface area contributed by atoms with Crippen molar-refractivity contribution in [1.82, 2.24) is 9.78 Å². The summed E-state index contributed by atoms with van der Waals surface area (Å²) in [4.78, 5) is 10.4. The van der Waals surface area contributed by atoms with Crippen LogP contribution in [0.2, 0.25) is 0 Å². The second kappa shape index (κ2) is 4.34. The zero-order chi connectivity index (χ0) is 12.4. The summed E-state index contributed by atoms with van der Waals surface area (Å²) < 4.78 is 1.40. The van der Waals surface area contributed by atoms with Crippen molar-refractivity contribution in [2.45, 2.75) is 13.5 Å². The van der Waals surface area contributed by atoms with Crippen molar-refractivity contribution in [2.75, 3.05) is 0 Å². The van der Waals surface area contributed by atoms with Gasteiger partial charge in [0.05, 0.1) is 17.2 Å². The van der Waals surface area contributed by atoms with E-state index < -0.39 is 4.92 Å². The predicted octanol–water partition coefficient (Wildman–Crippen LogP) is 1.58. The molecule has 88 valence electrons. The molecule has 0 saturated carbocycles. The molecular weight excluding hydrogens is 222 g/mol. The third kappa shape index (κ3) is 2.16. The van der Waals surface area contributed by atoms with E-state index in [1.54, 1.807) is 24.4 Å². The molecule has 0 amide bonds. The standard InChI is InChI=1S/C11H11N3O3/c1-8-2-3-10(14(16)17)11(6-8)13-5-4-9(7-15)12-13/h2-6,15H,7H2,1H3. The molecule has 6 heteroatoms. The Morgan fingerprint density at radius 3 is 2.82 bits per heavy atom. The summed E-state index contributed by atoms with van der Waals surface area (Å²) in [5.74, 6) is 0. The van der Waals surface area contributed by atoms with Crippen molar-refractivity contribution in [3.8, 4) is 5.69 Å². The van der Waals surface area contributed by atoms with Gasteiger partial charge in [0.1, 0.15) is 5.69 Å². The Labute approximate surface area is 97.3 Å². The molecular formula is C11H11N3O3. The monoisotopic (exact) mass is 233 g/mol.